The molecule has 7 heteroatoms. The fourth-order valence-corrected chi connectivity index (χ4v) is 2.59. The molecule has 0 saturated carbocycles. The summed E-state index contributed by atoms with van der Waals surface area (Å²) in [7, 11) is 0. The van der Waals surface area contributed by atoms with Crippen molar-refractivity contribution in [1.82, 2.24) is 0 Å². The Balaban J connectivity index is 2.48. The Hall–Kier alpha value is -2.54. The molecule has 0 aliphatic rings. The van der Waals surface area contributed by atoms with Crippen LogP contribution in [0, 0.1) is 11.6 Å². The van der Waals surface area contributed by atoms with Gasteiger partial charge in [-0.15, -0.1) is 0 Å². The standard InChI is InChI=1S/C16H7BrF2O4/c17-7-4-5-11-9(6-7)14(20)12(16(21)22)15(23-11)8-2-1-3-10(18)13(8)19/h1-6H,(H,21,22). The van der Waals surface area contributed by atoms with E-state index >= 15 is 0 Å². The zero-order valence-corrected chi connectivity index (χ0v) is 12.9. The van der Waals surface area contributed by atoms with E-state index < -0.39 is 39.9 Å². The molecule has 0 saturated heterocycles. The van der Waals surface area contributed by atoms with Crippen LogP contribution in [0.15, 0.2) is 50.1 Å². The third-order valence-corrected chi connectivity index (χ3v) is 3.76. The van der Waals surface area contributed by atoms with Crippen molar-refractivity contribution in [2.24, 2.45) is 0 Å². The third-order valence-electron chi connectivity index (χ3n) is 3.26. The molecule has 1 N–H and O–H groups in total. The van der Waals surface area contributed by atoms with Crippen LogP contribution in [0.2, 0.25) is 0 Å². The van der Waals surface area contributed by atoms with E-state index in [1.807, 2.05) is 0 Å². The number of rotatable bonds is 2. The van der Waals surface area contributed by atoms with E-state index in [4.69, 9.17) is 4.42 Å². The van der Waals surface area contributed by atoms with Crippen molar-refractivity contribution in [1.29, 1.82) is 0 Å². The minimum atomic E-state index is -1.58. The number of benzene rings is 2. The summed E-state index contributed by atoms with van der Waals surface area (Å²) in [4.78, 5) is 23.9. The summed E-state index contributed by atoms with van der Waals surface area (Å²) in [6.07, 6.45) is 0. The molecule has 23 heavy (non-hydrogen) atoms. The molecule has 2 aromatic carbocycles. The highest BCUT2D eigenvalue weighted by atomic mass is 79.9. The molecule has 0 bridgehead atoms. The van der Waals surface area contributed by atoms with Crippen molar-refractivity contribution < 1.29 is 23.1 Å². The molecule has 1 aromatic heterocycles. The molecule has 0 spiro atoms. The van der Waals surface area contributed by atoms with Crippen LogP contribution in [-0.4, -0.2) is 11.1 Å². The van der Waals surface area contributed by atoms with Crippen molar-refractivity contribution in [3.8, 4) is 11.3 Å². The van der Waals surface area contributed by atoms with Crippen LogP contribution in [-0.2, 0) is 0 Å². The van der Waals surface area contributed by atoms with E-state index in [1.165, 1.54) is 18.2 Å². The van der Waals surface area contributed by atoms with Crippen LogP contribution in [0.5, 0.6) is 0 Å². The van der Waals surface area contributed by atoms with E-state index in [0.717, 1.165) is 12.1 Å². The molecule has 4 nitrogen and oxygen atoms in total. The Kier molecular flexibility index (Phi) is 3.73. The Morgan fingerprint density at radius 2 is 1.91 bits per heavy atom. The maximum Gasteiger partial charge on any atom is 0.343 e. The first-order valence-electron chi connectivity index (χ1n) is 6.34. The van der Waals surface area contributed by atoms with Gasteiger partial charge in [0, 0.05) is 4.47 Å². The van der Waals surface area contributed by atoms with Gasteiger partial charge in [0.1, 0.15) is 5.58 Å². The molecule has 0 aliphatic carbocycles. The average molecular weight is 381 g/mol. The first-order valence-corrected chi connectivity index (χ1v) is 7.13. The number of hydrogen-bond acceptors (Lipinski definition) is 3. The lowest BCUT2D eigenvalue weighted by atomic mass is 10.0. The Morgan fingerprint density at radius 1 is 1.17 bits per heavy atom. The summed E-state index contributed by atoms with van der Waals surface area (Å²) >= 11 is 3.18. The number of carbonyl (C=O) groups is 1. The van der Waals surface area contributed by atoms with Gasteiger partial charge in [-0.05, 0) is 30.3 Å². The lowest BCUT2D eigenvalue weighted by Crippen LogP contribution is -2.17. The van der Waals surface area contributed by atoms with E-state index in [2.05, 4.69) is 15.9 Å². The average Bonchev–Trinajstić information content (AvgIpc) is 2.50. The molecule has 0 aliphatic heterocycles. The fraction of sp³-hybridized carbons (Fsp3) is 0. The molecular weight excluding hydrogens is 374 g/mol. The van der Waals surface area contributed by atoms with Gasteiger partial charge in [0.2, 0.25) is 5.43 Å². The largest absolute Gasteiger partial charge is 0.477 e. The summed E-state index contributed by atoms with van der Waals surface area (Å²) in [5.41, 5.74) is -1.94. The molecule has 0 fully saturated rings. The molecule has 3 aromatic rings. The molecule has 3 rings (SSSR count). The Bertz CT molecular complexity index is 1010. The van der Waals surface area contributed by atoms with Crippen molar-refractivity contribution in [3.63, 3.8) is 0 Å². The van der Waals surface area contributed by atoms with Gasteiger partial charge < -0.3 is 9.52 Å². The minimum Gasteiger partial charge on any atom is -0.477 e. The van der Waals surface area contributed by atoms with Gasteiger partial charge in [-0.25, -0.2) is 13.6 Å². The highest BCUT2D eigenvalue weighted by molar-refractivity contribution is 9.10. The minimum absolute atomic E-state index is 0.0253. The SMILES string of the molecule is O=C(O)c1c(-c2cccc(F)c2F)oc2ccc(Br)cc2c1=O. The molecule has 0 radical (unpaired) electrons. The molecular formula is C16H7BrF2O4. The van der Waals surface area contributed by atoms with Crippen LogP contribution in [0.3, 0.4) is 0 Å². The smallest absolute Gasteiger partial charge is 0.343 e. The van der Waals surface area contributed by atoms with Crippen LogP contribution >= 0.6 is 15.9 Å². The van der Waals surface area contributed by atoms with E-state index in [1.54, 1.807) is 6.07 Å². The fourth-order valence-electron chi connectivity index (χ4n) is 2.23. The summed E-state index contributed by atoms with van der Waals surface area (Å²) in [6, 6.07) is 7.65. The number of aromatic carboxylic acids is 1. The third kappa shape index (κ3) is 2.53. The van der Waals surface area contributed by atoms with Crippen LogP contribution in [0.25, 0.3) is 22.3 Å². The van der Waals surface area contributed by atoms with Crippen molar-refractivity contribution in [2.75, 3.05) is 0 Å². The van der Waals surface area contributed by atoms with Crippen LogP contribution in [0.1, 0.15) is 10.4 Å². The predicted octanol–water partition coefficient (Wildman–Crippen LogP) is 4.20. The van der Waals surface area contributed by atoms with E-state index in [9.17, 15) is 23.5 Å². The zero-order chi connectivity index (χ0) is 16.7. The number of halogens is 3. The summed E-state index contributed by atoms with van der Waals surface area (Å²) in [5, 5.41) is 9.33. The van der Waals surface area contributed by atoms with Gasteiger partial charge in [-0.3, -0.25) is 4.79 Å². The second kappa shape index (κ2) is 5.58. The summed E-state index contributed by atoms with van der Waals surface area (Å²) in [5.74, 6) is -4.55. The van der Waals surface area contributed by atoms with Crippen molar-refractivity contribution >= 4 is 32.9 Å². The van der Waals surface area contributed by atoms with E-state index in [-0.39, 0.29) is 11.0 Å². The molecule has 0 amide bonds. The first kappa shape index (κ1) is 15.4. The molecule has 0 unspecified atom stereocenters. The maximum absolute atomic E-state index is 14.0. The normalized spacial score (nSPS) is 10.9. The number of hydrogen-bond donors (Lipinski definition) is 1. The van der Waals surface area contributed by atoms with Crippen LogP contribution < -0.4 is 5.43 Å². The highest BCUT2D eigenvalue weighted by Crippen LogP contribution is 2.30. The Labute approximate surface area is 136 Å². The van der Waals surface area contributed by atoms with Gasteiger partial charge >= 0.3 is 5.97 Å². The zero-order valence-electron chi connectivity index (χ0n) is 11.3. The molecule has 116 valence electrons. The number of carboxylic acids is 1. The lowest BCUT2D eigenvalue weighted by Gasteiger charge is -2.08. The van der Waals surface area contributed by atoms with Crippen LogP contribution in [0.4, 0.5) is 8.78 Å². The first-order chi connectivity index (χ1) is 10.9. The lowest BCUT2D eigenvalue weighted by molar-refractivity contribution is 0.0694. The summed E-state index contributed by atoms with van der Waals surface area (Å²) < 4.78 is 33.4. The van der Waals surface area contributed by atoms with Gasteiger partial charge in [-0.2, -0.15) is 0 Å². The van der Waals surface area contributed by atoms with Gasteiger partial charge in [0.15, 0.2) is 23.0 Å². The number of fused-ring (bicyclic) bond motifs is 1. The second-order valence-corrected chi connectivity index (χ2v) is 5.60. The monoisotopic (exact) mass is 380 g/mol. The van der Waals surface area contributed by atoms with E-state index in [0.29, 0.717) is 4.47 Å². The van der Waals surface area contributed by atoms with Crippen molar-refractivity contribution in [2.45, 2.75) is 0 Å². The Morgan fingerprint density at radius 3 is 2.61 bits per heavy atom. The van der Waals surface area contributed by atoms with Crippen molar-refractivity contribution in [3.05, 3.63) is 68.3 Å². The highest BCUT2D eigenvalue weighted by Gasteiger charge is 2.24. The van der Waals surface area contributed by atoms with Gasteiger partial charge in [0.25, 0.3) is 0 Å². The maximum atomic E-state index is 14.0. The molecule has 1 heterocycles. The van der Waals surface area contributed by atoms with Gasteiger partial charge in [0.05, 0.1) is 10.9 Å². The second-order valence-electron chi connectivity index (χ2n) is 4.68. The quantitative estimate of drug-likeness (QED) is 0.723. The summed E-state index contributed by atoms with van der Waals surface area (Å²) in [6.45, 7) is 0. The number of carboxylic acid groups (broad SMARTS) is 1. The molecule has 0 atom stereocenters. The predicted molar refractivity (Wildman–Crippen MR) is 82.5 cm³/mol. The van der Waals surface area contributed by atoms with Gasteiger partial charge in [-0.1, -0.05) is 22.0 Å². The topological polar surface area (TPSA) is 67.5 Å².